The van der Waals surface area contributed by atoms with Crippen LogP contribution in [-0.4, -0.2) is 75.0 Å². The Balaban J connectivity index is 1.48. The van der Waals surface area contributed by atoms with Gasteiger partial charge in [0.05, 0.1) is 13.2 Å². The summed E-state index contributed by atoms with van der Waals surface area (Å²) < 4.78 is 16.5. The Morgan fingerprint density at radius 3 is 2.68 bits per heavy atom. The van der Waals surface area contributed by atoms with Gasteiger partial charge in [0, 0.05) is 39.3 Å². The molecule has 7 nitrogen and oxygen atoms in total. The van der Waals surface area contributed by atoms with Gasteiger partial charge in [-0.05, 0) is 24.6 Å². The minimum atomic E-state index is -0.0735. The standard InChI is InChI=1S/C18H27N3O4/c1-14(12-21-5-7-23-8-6-21)19-18(22)20(2)13-15-3-4-16-17(11-15)25-10-9-24-16/h3-4,11,14H,5-10,12-13H2,1-2H3,(H,19,22)/t14-/m1/s1. The Bertz CT molecular complexity index is 590. The van der Waals surface area contributed by atoms with Crippen LogP contribution in [0.3, 0.4) is 0 Å². The fourth-order valence-corrected chi connectivity index (χ4v) is 3.07. The molecule has 0 radical (unpaired) electrons. The number of fused-ring (bicyclic) bond motifs is 1. The van der Waals surface area contributed by atoms with Crippen LogP contribution in [0.4, 0.5) is 4.79 Å². The maximum Gasteiger partial charge on any atom is 0.317 e. The van der Waals surface area contributed by atoms with Crippen molar-refractivity contribution in [2.24, 2.45) is 0 Å². The number of nitrogens with zero attached hydrogens (tertiary/aromatic N) is 2. The Labute approximate surface area is 148 Å². The SMILES string of the molecule is C[C@H](CN1CCOCC1)NC(=O)N(C)Cc1ccc2c(c1)OCCO2. The van der Waals surface area contributed by atoms with Crippen LogP contribution in [-0.2, 0) is 11.3 Å². The minimum Gasteiger partial charge on any atom is -0.486 e. The lowest BCUT2D eigenvalue weighted by Crippen LogP contribution is -2.48. The van der Waals surface area contributed by atoms with Gasteiger partial charge in [-0.15, -0.1) is 0 Å². The summed E-state index contributed by atoms with van der Waals surface area (Å²) in [7, 11) is 1.80. The molecule has 0 aliphatic carbocycles. The first-order valence-electron chi connectivity index (χ1n) is 8.82. The van der Waals surface area contributed by atoms with Gasteiger partial charge in [0.1, 0.15) is 13.2 Å². The molecule has 3 rings (SSSR count). The van der Waals surface area contributed by atoms with E-state index in [2.05, 4.69) is 10.2 Å². The highest BCUT2D eigenvalue weighted by Gasteiger charge is 2.18. The monoisotopic (exact) mass is 349 g/mol. The molecule has 25 heavy (non-hydrogen) atoms. The Hall–Kier alpha value is -1.99. The molecular formula is C18H27N3O4. The zero-order valence-electron chi connectivity index (χ0n) is 15.0. The lowest BCUT2D eigenvalue weighted by atomic mass is 10.2. The maximum absolute atomic E-state index is 12.4. The van der Waals surface area contributed by atoms with Crippen LogP contribution in [0.25, 0.3) is 0 Å². The fraction of sp³-hybridized carbons (Fsp3) is 0.611. The topological polar surface area (TPSA) is 63.3 Å². The van der Waals surface area contributed by atoms with E-state index in [1.54, 1.807) is 11.9 Å². The molecule has 2 aliphatic rings. The van der Waals surface area contributed by atoms with Gasteiger partial charge >= 0.3 is 6.03 Å². The predicted molar refractivity (Wildman–Crippen MR) is 94.2 cm³/mol. The van der Waals surface area contributed by atoms with Crippen molar-refractivity contribution in [3.05, 3.63) is 23.8 Å². The first kappa shape index (κ1) is 17.8. The van der Waals surface area contributed by atoms with Crippen LogP contribution in [0, 0.1) is 0 Å². The third kappa shape index (κ3) is 4.99. The van der Waals surface area contributed by atoms with E-state index in [1.807, 2.05) is 25.1 Å². The first-order chi connectivity index (χ1) is 12.1. The number of hydrogen-bond acceptors (Lipinski definition) is 5. The second-order valence-corrected chi connectivity index (χ2v) is 6.60. The summed E-state index contributed by atoms with van der Waals surface area (Å²) in [5.74, 6) is 1.51. The van der Waals surface area contributed by atoms with Gasteiger partial charge in [0.15, 0.2) is 11.5 Å². The van der Waals surface area contributed by atoms with Gasteiger partial charge in [-0.25, -0.2) is 4.79 Å². The lowest BCUT2D eigenvalue weighted by molar-refractivity contribution is 0.0347. The van der Waals surface area contributed by atoms with Crippen molar-refractivity contribution >= 4 is 6.03 Å². The molecule has 1 aromatic carbocycles. The van der Waals surface area contributed by atoms with Crippen LogP contribution < -0.4 is 14.8 Å². The second kappa shape index (κ2) is 8.40. The smallest absolute Gasteiger partial charge is 0.317 e. The summed E-state index contributed by atoms with van der Waals surface area (Å²) in [5.41, 5.74) is 1.02. The van der Waals surface area contributed by atoms with Crippen molar-refractivity contribution in [2.45, 2.75) is 19.5 Å². The van der Waals surface area contributed by atoms with E-state index in [4.69, 9.17) is 14.2 Å². The van der Waals surface area contributed by atoms with E-state index in [0.717, 1.165) is 49.9 Å². The Kier molecular flexibility index (Phi) is 5.99. The number of urea groups is 1. The van der Waals surface area contributed by atoms with Crippen molar-refractivity contribution in [2.75, 3.05) is 53.1 Å². The minimum absolute atomic E-state index is 0.0735. The number of benzene rings is 1. The summed E-state index contributed by atoms with van der Waals surface area (Å²) in [6, 6.07) is 5.82. The van der Waals surface area contributed by atoms with E-state index in [1.165, 1.54) is 0 Å². The Morgan fingerprint density at radius 2 is 1.92 bits per heavy atom. The van der Waals surface area contributed by atoms with Crippen LogP contribution >= 0.6 is 0 Å². The number of ether oxygens (including phenoxy) is 3. The molecule has 138 valence electrons. The molecule has 0 aromatic heterocycles. The Morgan fingerprint density at radius 1 is 1.20 bits per heavy atom. The molecule has 0 unspecified atom stereocenters. The van der Waals surface area contributed by atoms with E-state index in [-0.39, 0.29) is 12.1 Å². The molecule has 2 heterocycles. The summed E-state index contributed by atoms with van der Waals surface area (Å²) in [4.78, 5) is 16.4. The number of rotatable bonds is 5. The molecule has 2 aliphatic heterocycles. The number of nitrogens with one attached hydrogen (secondary N) is 1. The molecule has 2 amide bonds. The normalized spacial score (nSPS) is 18.5. The number of carbonyl (C=O) groups is 1. The molecule has 1 saturated heterocycles. The van der Waals surface area contributed by atoms with E-state index >= 15 is 0 Å². The van der Waals surface area contributed by atoms with Gasteiger partial charge in [0.2, 0.25) is 0 Å². The molecule has 0 spiro atoms. The number of amides is 2. The third-order valence-corrected chi connectivity index (χ3v) is 4.38. The second-order valence-electron chi connectivity index (χ2n) is 6.60. The summed E-state index contributed by atoms with van der Waals surface area (Å²) in [6.07, 6.45) is 0. The van der Waals surface area contributed by atoms with Gasteiger partial charge < -0.3 is 24.4 Å². The van der Waals surface area contributed by atoms with Crippen LogP contribution in [0.1, 0.15) is 12.5 Å². The molecule has 1 atom stereocenters. The fourth-order valence-electron chi connectivity index (χ4n) is 3.07. The van der Waals surface area contributed by atoms with Crippen molar-refractivity contribution in [1.82, 2.24) is 15.1 Å². The molecule has 7 heteroatoms. The third-order valence-electron chi connectivity index (χ3n) is 4.38. The summed E-state index contributed by atoms with van der Waals surface area (Å²) in [5, 5.41) is 3.06. The lowest BCUT2D eigenvalue weighted by Gasteiger charge is -2.30. The maximum atomic E-state index is 12.4. The van der Waals surface area contributed by atoms with Crippen molar-refractivity contribution < 1.29 is 19.0 Å². The molecule has 1 fully saturated rings. The zero-order valence-corrected chi connectivity index (χ0v) is 15.0. The summed E-state index contributed by atoms with van der Waals surface area (Å²) in [6.45, 7) is 7.92. The van der Waals surface area contributed by atoms with Crippen LogP contribution in [0.5, 0.6) is 11.5 Å². The number of morpholine rings is 1. The van der Waals surface area contributed by atoms with Gasteiger partial charge in [-0.1, -0.05) is 6.07 Å². The van der Waals surface area contributed by atoms with Gasteiger partial charge in [-0.3, -0.25) is 4.90 Å². The highest BCUT2D eigenvalue weighted by molar-refractivity contribution is 5.74. The number of hydrogen-bond donors (Lipinski definition) is 1. The highest BCUT2D eigenvalue weighted by Crippen LogP contribution is 2.31. The summed E-state index contributed by atoms with van der Waals surface area (Å²) >= 11 is 0. The first-order valence-corrected chi connectivity index (χ1v) is 8.82. The van der Waals surface area contributed by atoms with Crippen molar-refractivity contribution in [1.29, 1.82) is 0 Å². The van der Waals surface area contributed by atoms with Crippen molar-refractivity contribution in [3.8, 4) is 11.5 Å². The molecule has 0 saturated carbocycles. The largest absolute Gasteiger partial charge is 0.486 e. The van der Waals surface area contributed by atoms with E-state index in [9.17, 15) is 4.79 Å². The quantitative estimate of drug-likeness (QED) is 0.869. The molecule has 1 N–H and O–H groups in total. The number of carbonyl (C=O) groups excluding carboxylic acids is 1. The zero-order chi connectivity index (χ0) is 17.6. The van der Waals surface area contributed by atoms with Gasteiger partial charge in [0.25, 0.3) is 0 Å². The average Bonchev–Trinajstić information content (AvgIpc) is 2.62. The van der Waals surface area contributed by atoms with Gasteiger partial charge in [-0.2, -0.15) is 0 Å². The average molecular weight is 349 g/mol. The molecule has 1 aromatic rings. The highest BCUT2D eigenvalue weighted by atomic mass is 16.6. The molecular weight excluding hydrogens is 322 g/mol. The van der Waals surface area contributed by atoms with Crippen LogP contribution in [0.15, 0.2) is 18.2 Å². The van der Waals surface area contributed by atoms with Crippen molar-refractivity contribution in [3.63, 3.8) is 0 Å². The van der Waals surface area contributed by atoms with E-state index in [0.29, 0.717) is 19.8 Å². The van der Waals surface area contributed by atoms with Crippen LogP contribution in [0.2, 0.25) is 0 Å². The van der Waals surface area contributed by atoms with E-state index < -0.39 is 0 Å². The molecule has 0 bridgehead atoms. The predicted octanol–water partition coefficient (Wildman–Crippen LogP) is 1.32.